The Hall–Kier alpha value is -2.70. The Morgan fingerprint density at radius 1 is 1.33 bits per heavy atom. The summed E-state index contributed by atoms with van der Waals surface area (Å²) in [5.41, 5.74) is 6.27. The van der Waals surface area contributed by atoms with Gasteiger partial charge in [0.25, 0.3) is 11.6 Å². The highest BCUT2D eigenvalue weighted by Gasteiger charge is 2.12. The predicted octanol–water partition coefficient (Wildman–Crippen LogP) is 2.07. The lowest BCUT2D eigenvalue weighted by Crippen LogP contribution is -1.98. The first-order valence-electron chi connectivity index (χ1n) is 5.07. The number of non-ortho nitro benzene ring substituents is 1. The van der Waals surface area contributed by atoms with E-state index in [0.717, 1.165) is 5.56 Å². The number of hydrogen-bond donors (Lipinski definition) is 1. The minimum absolute atomic E-state index is 0.0574. The maximum Gasteiger partial charge on any atom is 0.273 e. The Morgan fingerprint density at radius 2 is 2.06 bits per heavy atom. The lowest BCUT2D eigenvalue weighted by molar-refractivity contribution is -0.384. The normalized spacial score (nSPS) is 10.1. The summed E-state index contributed by atoms with van der Waals surface area (Å²) in [6, 6.07) is 4.33. The lowest BCUT2D eigenvalue weighted by atomic mass is 10.2. The quantitative estimate of drug-likeness (QED) is 0.656. The number of benzene rings is 1. The average molecular weight is 246 g/mol. The van der Waals surface area contributed by atoms with Crippen molar-refractivity contribution >= 4 is 11.5 Å². The van der Waals surface area contributed by atoms with Gasteiger partial charge in [0.1, 0.15) is 5.75 Å². The fraction of sp³-hybridized carbons (Fsp3) is 0.0909. The standard InChI is InChI=1S/C11H10N4O3/c1-7-2-3-8(15(16)17)6-9(7)18-11-10(12)13-4-5-14-11/h2-6H,1H3,(H2,12,13). The third-order valence-electron chi connectivity index (χ3n) is 2.28. The molecule has 0 radical (unpaired) electrons. The van der Waals surface area contributed by atoms with Crippen molar-refractivity contribution in [2.24, 2.45) is 0 Å². The molecule has 0 atom stereocenters. The first-order chi connectivity index (χ1) is 8.58. The molecule has 1 heterocycles. The van der Waals surface area contributed by atoms with Crippen molar-refractivity contribution in [3.05, 3.63) is 46.3 Å². The van der Waals surface area contributed by atoms with Crippen LogP contribution >= 0.6 is 0 Å². The number of anilines is 1. The van der Waals surface area contributed by atoms with Crippen LogP contribution in [0.5, 0.6) is 11.6 Å². The monoisotopic (exact) mass is 246 g/mol. The summed E-state index contributed by atoms with van der Waals surface area (Å²) in [5, 5.41) is 10.7. The van der Waals surface area contributed by atoms with Crippen molar-refractivity contribution in [2.45, 2.75) is 6.92 Å². The van der Waals surface area contributed by atoms with Crippen LogP contribution in [0.1, 0.15) is 5.56 Å². The smallest absolute Gasteiger partial charge is 0.273 e. The molecule has 7 heteroatoms. The highest BCUT2D eigenvalue weighted by molar-refractivity contribution is 5.48. The summed E-state index contributed by atoms with van der Waals surface area (Å²) in [7, 11) is 0. The molecule has 0 amide bonds. The second-order valence-electron chi connectivity index (χ2n) is 3.56. The highest BCUT2D eigenvalue weighted by Crippen LogP contribution is 2.29. The Balaban J connectivity index is 2.37. The molecule has 0 aliphatic heterocycles. The Morgan fingerprint density at radius 3 is 2.72 bits per heavy atom. The largest absolute Gasteiger partial charge is 0.435 e. The molecule has 2 N–H and O–H groups in total. The maximum atomic E-state index is 10.7. The zero-order valence-corrected chi connectivity index (χ0v) is 9.53. The third-order valence-corrected chi connectivity index (χ3v) is 2.28. The molecule has 2 aromatic rings. The lowest BCUT2D eigenvalue weighted by Gasteiger charge is -2.08. The number of hydrogen-bond acceptors (Lipinski definition) is 6. The van der Waals surface area contributed by atoms with E-state index in [0.29, 0.717) is 5.75 Å². The number of nitrogen functional groups attached to an aromatic ring is 1. The third kappa shape index (κ3) is 2.34. The molecule has 0 aliphatic carbocycles. The summed E-state index contributed by atoms with van der Waals surface area (Å²) >= 11 is 0. The van der Waals surface area contributed by atoms with E-state index >= 15 is 0 Å². The van der Waals surface area contributed by atoms with E-state index in [2.05, 4.69) is 9.97 Å². The van der Waals surface area contributed by atoms with E-state index in [1.54, 1.807) is 13.0 Å². The van der Waals surface area contributed by atoms with Crippen LogP contribution in [-0.4, -0.2) is 14.9 Å². The van der Waals surface area contributed by atoms with E-state index in [1.165, 1.54) is 24.5 Å². The van der Waals surface area contributed by atoms with Crippen LogP contribution in [0.15, 0.2) is 30.6 Å². The van der Waals surface area contributed by atoms with Crippen LogP contribution < -0.4 is 10.5 Å². The fourth-order valence-corrected chi connectivity index (χ4v) is 1.33. The second-order valence-corrected chi connectivity index (χ2v) is 3.56. The molecule has 0 bridgehead atoms. The van der Waals surface area contributed by atoms with Crippen molar-refractivity contribution in [2.75, 3.05) is 5.73 Å². The molecule has 18 heavy (non-hydrogen) atoms. The van der Waals surface area contributed by atoms with E-state index < -0.39 is 4.92 Å². The van der Waals surface area contributed by atoms with Gasteiger partial charge in [0.05, 0.1) is 11.0 Å². The van der Waals surface area contributed by atoms with Gasteiger partial charge in [-0.15, -0.1) is 0 Å². The van der Waals surface area contributed by atoms with E-state index in [-0.39, 0.29) is 17.4 Å². The summed E-state index contributed by atoms with van der Waals surface area (Å²) in [6.45, 7) is 1.77. The number of nitro benzene ring substituents is 1. The first-order valence-corrected chi connectivity index (χ1v) is 5.07. The molecule has 0 unspecified atom stereocenters. The van der Waals surface area contributed by atoms with Crippen molar-refractivity contribution < 1.29 is 9.66 Å². The van der Waals surface area contributed by atoms with Gasteiger partial charge in [0.2, 0.25) is 0 Å². The van der Waals surface area contributed by atoms with Gasteiger partial charge in [-0.1, -0.05) is 0 Å². The molecule has 0 aliphatic rings. The minimum Gasteiger partial charge on any atom is -0.435 e. The molecular weight excluding hydrogens is 236 g/mol. The van der Waals surface area contributed by atoms with Gasteiger partial charge < -0.3 is 10.5 Å². The number of nitrogens with two attached hydrogens (primary N) is 1. The zero-order chi connectivity index (χ0) is 13.1. The number of ether oxygens (including phenoxy) is 1. The predicted molar refractivity (Wildman–Crippen MR) is 64.4 cm³/mol. The van der Waals surface area contributed by atoms with E-state index in [9.17, 15) is 10.1 Å². The molecule has 92 valence electrons. The van der Waals surface area contributed by atoms with Crippen molar-refractivity contribution in [3.63, 3.8) is 0 Å². The molecule has 1 aromatic heterocycles. The Kier molecular flexibility index (Phi) is 3.05. The van der Waals surface area contributed by atoms with Gasteiger partial charge in [-0.25, -0.2) is 9.97 Å². The number of rotatable bonds is 3. The van der Waals surface area contributed by atoms with Crippen molar-refractivity contribution in [1.82, 2.24) is 9.97 Å². The molecule has 7 nitrogen and oxygen atoms in total. The average Bonchev–Trinajstić information content (AvgIpc) is 2.34. The summed E-state index contributed by atoms with van der Waals surface area (Å²) < 4.78 is 5.43. The SMILES string of the molecule is Cc1ccc([N+](=O)[O-])cc1Oc1nccnc1N. The summed E-state index contributed by atoms with van der Waals surface area (Å²) in [5.74, 6) is 0.584. The van der Waals surface area contributed by atoms with Crippen LogP contribution in [0.3, 0.4) is 0 Å². The molecule has 1 aromatic carbocycles. The van der Waals surface area contributed by atoms with Gasteiger partial charge >= 0.3 is 0 Å². The topological polar surface area (TPSA) is 104 Å². The molecule has 0 spiro atoms. The van der Waals surface area contributed by atoms with Gasteiger partial charge in [-0.3, -0.25) is 10.1 Å². The van der Waals surface area contributed by atoms with Crippen LogP contribution in [0.25, 0.3) is 0 Å². The van der Waals surface area contributed by atoms with Gasteiger partial charge in [0.15, 0.2) is 5.82 Å². The Bertz CT molecular complexity index is 601. The van der Waals surface area contributed by atoms with Crippen LogP contribution in [0, 0.1) is 17.0 Å². The molecule has 2 rings (SSSR count). The van der Waals surface area contributed by atoms with Gasteiger partial charge in [-0.05, 0) is 18.6 Å². The van der Waals surface area contributed by atoms with Crippen molar-refractivity contribution in [3.8, 4) is 11.6 Å². The number of nitro groups is 1. The van der Waals surface area contributed by atoms with Gasteiger partial charge in [0, 0.05) is 18.5 Å². The second kappa shape index (κ2) is 4.66. The maximum absolute atomic E-state index is 10.7. The Labute approximate surface area is 102 Å². The summed E-state index contributed by atoms with van der Waals surface area (Å²) in [6.07, 6.45) is 2.86. The molecular formula is C11H10N4O3. The van der Waals surface area contributed by atoms with Crippen molar-refractivity contribution in [1.29, 1.82) is 0 Å². The molecule has 0 saturated heterocycles. The number of nitrogens with zero attached hydrogens (tertiary/aromatic N) is 3. The van der Waals surface area contributed by atoms with Crippen LogP contribution in [-0.2, 0) is 0 Å². The highest BCUT2D eigenvalue weighted by atomic mass is 16.6. The number of aromatic nitrogens is 2. The summed E-state index contributed by atoms with van der Waals surface area (Å²) in [4.78, 5) is 17.9. The molecule has 0 fully saturated rings. The first kappa shape index (κ1) is 11.8. The minimum atomic E-state index is -0.494. The molecule has 0 saturated carbocycles. The van der Waals surface area contributed by atoms with Crippen LogP contribution in [0.2, 0.25) is 0 Å². The van der Waals surface area contributed by atoms with Crippen LogP contribution in [0.4, 0.5) is 11.5 Å². The number of aryl methyl sites for hydroxylation is 1. The van der Waals surface area contributed by atoms with E-state index in [4.69, 9.17) is 10.5 Å². The zero-order valence-electron chi connectivity index (χ0n) is 9.53. The fourth-order valence-electron chi connectivity index (χ4n) is 1.33. The van der Waals surface area contributed by atoms with E-state index in [1.807, 2.05) is 0 Å². The van der Waals surface area contributed by atoms with Gasteiger partial charge in [-0.2, -0.15) is 0 Å².